The second-order valence-corrected chi connectivity index (χ2v) is 6.87. The van der Waals surface area contributed by atoms with Gasteiger partial charge in [-0.3, -0.25) is 4.99 Å². The summed E-state index contributed by atoms with van der Waals surface area (Å²) in [4.78, 5) is 4.67. The maximum absolute atomic E-state index is 5.91. The number of nitrogens with zero attached hydrogens (tertiary/aromatic N) is 1. The van der Waals surface area contributed by atoms with E-state index in [-0.39, 0.29) is 0 Å². The van der Waals surface area contributed by atoms with Crippen LogP contribution >= 0.6 is 0 Å². The van der Waals surface area contributed by atoms with Gasteiger partial charge in [-0.25, -0.2) is 0 Å². The Morgan fingerprint density at radius 3 is 2.48 bits per heavy atom. The molecule has 0 amide bonds. The molecule has 0 aliphatic carbocycles. The van der Waals surface area contributed by atoms with Crippen molar-refractivity contribution in [2.75, 3.05) is 33.9 Å². The second kappa shape index (κ2) is 9.69. The number of nitrogens with one attached hydrogen (secondary N) is 2. The zero-order valence-electron chi connectivity index (χ0n) is 16.5. The first kappa shape index (κ1) is 19.6. The van der Waals surface area contributed by atoms with Crippen LogP contribution in [0.4, 0.5) is 0 Å². The van der Waals surface area contributed by atoms with Gasteiger partial charge in [0.15, 0.2) is 5.96 Å². The third kappa shape index (κ3) is 5.42. The van der Waals surface area contributed by atoms with Gasteiger partial charge in [0, 0.05) is 37.7 Å². The molecule has 1 aromatic rings. The van der Waals surface area contributed by atoms with Crippen molar-refractivity contribution in [3.8, 4) is 17.2 Å². The topological polar surface area (TPSA) is 73.3 Å². The van der Waals surface area contributed by atoms with Gasteiger partial charge < -0.3 is 29.6 Å². The lowest BCUT2D eigenvalue weighted by Crippen LogP contribution is -2.47. The van der Waals surface area contributed by atoms with Gasteiger partial charge in [0.2, 0.25) is 0 Å². The number of fused-ring (bicyclic) bond motifs is 2. The van der Waals surface area contributed by atoms with E-state index in [1.165, 1.54) is 6.42 Å². The highest BCUT2D eigenvalue weighted by Gasteiger charge is 2.41. The minimum atomic E-state index is 0.338. The van der Waals surface area contributed by atoms with E-state index in [4.69, 9.17) is 18.9 Å². The van der Waals surface area contributed by atoms with Crippen molar-refractivity contribution in [1.29, 1.82) is 0 Å². The second-order valence-electron chi connectivity index (χ2n) is 6.87. The normalized spacial score (nSPS) is 24.0. The highest BCUT2D eigenvalue weighted by Crippen LogP contribution is 2.34. The summed E-state index contributed by atoms with van der Waals surface area (Å²) < 4.78 is 22.2. The molecule has 2 heterocycles. The van der Waals surface area contributed by atoms with Crippen LogP contribution in [0, 0.1) is 0 Å². The molecular weight excluding hydrogens is 346 g/mol. The van der Waals surface area contributed by atoms with Crippen LogP contribution < -0.4 is 24.8 Å². The number of benzene rings is 1. The third-order valence-electron chi connectivity index (χ3n) is 4.94. The monoisotopic (exact) mass is 377 g/mol. The summed E-state index contributed by atoms with van der Waals surface area (Å²) in [5.74, 6) is 3.03. The Morgan fingerprint density at radius 2 is 1.89 bits per heavy atom. The van der Waals surface area contributed by atoms with E-state index in [1.807, 2.05) is 18.2 Å². The van der Waals surface area contributed by atoms with E-state index < -0.39 is 0 Å². The first-order valence-electron chi connectivity index (χ1n) is 9.78. The molecule has 3 atom stereocenters. The fourth-order valence-electron chi connectivity index (χ4n) is 3.60. The number of guanidine groups is 1. The van der Waals surface area contributed by atoms with Crippen LogP contribution in [0.1, 0.15) is 32.6 Å². The van der Waals surface area contributed by atoms with Crippen LogP contribution in [0.5, 0.6) is 17.2 Å². The summed E-state index contributed by atoms with van der Waals surface area (Å²) in [6.07, 6.45) is 5.02. The van der Waals surface area contributed by atoms with E-state index in [0.717, 1.165) is 37.5 Å². The maximum Gasteiger partial charge on any atom is 0.191 e. The Morgan fingerprint density at radius 1 is 1.15 bits per heavy atom. The molecule has 0 radical (unpaired) electrons. The maximum atomic E-state index is 5.91. The SMILES string of the molecule is CCNC(=NCCCOc1cc(OC)cc(OC)c1)NC1CC2CCC1O2. The minimum Gasteiger partial charge on any atom is -0.496 e. The largest absolute Gasteiger partial charge is 0.496 e. The van der Waals surface area contributed by atoms with E-state index in [0.29, 0.717) is 42.9 Å². The fourth-order valence-corrected chi connectivity index (χ4v) is 3.60. The molecule has 0 spiro atoms. The van der Waals surface area contributed by atoms with Crippen LogP contribution in [0.25, 0.3) is 0 Å². The summed E-state index contributed by atoms with van der Waals surface area (Å²) in [6.45, 7) is 4.19. The quantitative estimate of drug-likeness (QED) is 0.391. The summed E-state index contributed by atoms with van der Waals surface area (Å²) in [5, 5.41) is 6.84. The number of ether oxygens (including phenoxy) is 4. The molecule has 2 bridgehead atoms. The van der Waals surface area contributed by atoms with Crippen molar-refractivity contribution in [1.82, 2.24) is 10.6 Å². The molecule has 2 saturated heterocycles. The number of hydrogen-bond acceptors (Lipinski definition) is 5. The van der Waals surface area contributed by atoms with Gasteiger partial charge in [0.1, 0.15) is 17.2 Å². The molecule has 2 fully saturated rings. The summed E-state index contributed by atoms with van der Waals surface area (Å²) >= 11 is 0. The number of aliphatic imine (C=N–C) groups is 1. The van der Waals surface area contributed by atoms with Crippen molar-refractivity contribution in [3.63, 3.8) is 0 Å². The minimum absolute atomic E-state index is 0.338. The van der Waals surface area contributed by atoms with Gasteiger partial charge in [0.25, 0.3) is 0 Å². The predicted molar refractivity (Wildman–Crippen MR) is 105 cm³/mol. The average Bonchev–Trinajstić information content (AvgIpc) is 3.30. The Balaban J connectivity index is 1.44. The highest BCUT2D eigenvalue weighted by molar-refractivity contribution is 5.80. The van der Waals surface area contributed by atoms with Crippen LogP contribution in [-0.2, 0) is 4.74 Å². The first-order valence-corrected chi connectivity index (χ1v) is 9.78. The zero-order valence-corrected chi connectivity index (χ0v) is 16.5. The van der Waals surface area contributed by atoms with Crippen molar-refractivity contribution >= 4 is 5.96 Å². The van der Waals surface area contributed by atoms with Crippen molar-refractivity contribution in [3.05, 3.63) is 18.2 Å². The van der Waals surface area contributed by atoms with E-state index >= 15 is 0 Å². The molecule has 2 aliphatic heterocycles. The Bertz CT molecular complexity index is 615. The molecular formula is C20H31N3O4. The standard InChI is InChI=1S/C20H31N3O4/c1-4-21-20(23-18-13-14-6-7-19(18)27-14)22-8-5-9-26-17-11-15(24-2)10-16(12-17)25-3/h10-12,14,18-19H,4-9,13H2,1-3H3,(H2,21,22,23). The molecule has 7 nitrogen and oxygen atoms in total. The van der Waals surface area contributed by atoms with Crippen molar-refractivity contribution in [2.24, 2.45) is 4.99 Å². The predicted octanol–water partition coefficient (Wildman–Crippen LogP) is 2.35. The number of methoxy groups -OCH3 is 2. The van der Waals surface area contributed by atoms with E-state index in [9.17, 15) is 0 Å². The van der Waals surface area contributed by atoms with Gasteiger partial charge in [0.05, 0.1) is 39.1 Å². The Kier molecular flexibility index (Phi) is 7.04. The molecule has 7 heteroatoms. The molecule has 2 aliphatic rings. The van der Waals surface area contributed by atoms with Crippen molar-refractivity contribution in [2.45, 2.75) is 50.9 Å². The fraction of sp³-hybridized carbons (Fsp3) is 0.650. The number of hydrogen-bond donors (Lipinski definition) is 2. The molecule has 3 rings (SSSR count). The number of rotatable bonds is 9. The van der Waals surface area contributed by atoms with Gasteiger partial charge in [-0.15, -0.1) is 0 Å². The lowest BCUT2D eigenvalue weighted by atomic mass is 9.96. The first-order chi connectivity index (χ1) is 13.2. The third-order valence-corrected chi connectivity index (χ3v) is 4.94. The molecule has 3 unspecified atom stereocenters. The summed E-state index contributed by atoms with van der Waals surface area (Å²) in [7, 11) is 3.26. The molecule has 0 saturated carbocycles. The lowest BCUT2D eigenvalue weighted by Gasteiger charge is -2.22. The molecule has 2 N–H and O–H groups in total. The highest BCUT2D eigenvalue weighted by atomic mass is 16.5. The zero-order chi connectivity index (χ0) is 19.1. The van der Waals surface area contributed by atoms with Crippen LogP contribution in [0.15, 0.2) is 23.2 Å². The molecule has 0 aromatic heterocycles. The van der Waals surface area contributed by atoms with Gasteiger partial charge in [-0.1, -0.05) is 0 Å². The van der Waals surface area contributed by atoms with Gasteiger partial charge in [-0.05, 0) is 26.2 Å². The smallest absolute Gasteiger partial charge is 0.191 e. The molecule has 27 heavy (non-hydrogen) atoms. The molecule has 150 valence electrons. The summed E-state index contributed by atoms with van der Waals surface area (Å²) in [5.41, 5.74) is 0. The lowest BCUT2D eigenvalue weighted by molar-refractivity contribution is 0.0992. The molecule has 1 aromatic carbocycles. The van der Waals surface area contributed by atoms with Crippen LogP contribution in [-0.4, -0.2) is 58.1 Å². The van der Waals surface area contributed by atoms with Gasteiger partial charge >= 0.3 is 0 Å². The van der Waals surface area contributed by atoms with Crippen LogP contribution in [0.2, 0.25) is 0 Å². The van der Waals surface area contributed by atoms with E-state index in [2.05, 4.69) is 22.5 Å². The van der Waals surface area contributed by atoms with Crippen LogP contribution in [0.3, 0.4) is 0 Å². The Hall–Kier alpha value is -2.15. The average molecular weight is 377 g/mol. The summed E-state index contributed by atoms with van der Waals surface area (Å²) in [6, 6.07) is 5.91. The van der Waals surface area contributed by atoms with Gasteiger partial charge in [-0.2, -0.15) is 0 Å². The van der Waals surface area contributed by atoms with Crippen molar-refractivity contribution < 1.29 is 18.9 Å². The Labute approximate surface area is 161 Å². The van der Waals surface area contributed by atoms with E-state index in [1.54, 1.807) is 14.2 Å².